The van der Waals surface area contributed by atoms with Gasteiger partial charge in [-0.15, -0.1) is 11.8 Å². The second-order valence-corrected chi connectivity index (χ2v) is 4.73. The summed E-state index contributed by atoms with van der Waals surface area (Å²) in [5.74, 6) is 0.627. The number of thioether (sulfide) groups is 1. The molecule has 5 heteroatoms. The van der Waals surface area contributed by atoms with Crippen LogP contribution in [0.1, 0.15) is 0 Å². The lowest BCUT2D eigenvalue weighted by molar-refractivity contribution is 0.199. The zero-order chi connectivity index (χ0) is 12.1. The fourth-order valence-electron chi connectivity index (χ4n) is 1.56. The van der Waals surface area contributed by atoms with Crippen LogP contribution < -0.4 is 5.32 Å². The number of nitrogens with zero attached hydrogens (tertiary/aromatic N) is 2. The summed E-state index contributed by atoms with van der Waals surface area (Å²) in [5, 5.41) is 14.6. The first-order valence-electron chi connectivity index (χ1n) is 5.46. The predicted molar refractivity (Wildman–Crippen MR) is 70.2 cm³/mol. The Hall–Kier alpha value is -1.17. The number of benzene rings is 1. The number of para-hydroxylation sites is 1. The Morgan fingerprint density at radius 1 is 1.35 bits per heavy atom. The standard InChI is InChI=1S/C12H15N3OS/c1-13-6-9(16)7-17-12-10-4-2-3-5-11(10)14-8-15-12/h2-5,8-9,13,16H,6-7H2,1H3. The third-order valence-corrected chi connectivity index (χ3v) is 3.51. The molecular formula is C12H15N3OS. The fraction of sp³-hybridized carbons (Fsp3) is 0.333. The Morgan fingerprint density at radius 2 is 2.18 bits per heavy atom. The minimum atomic E-state index is -0.362. The molecule has 2 aromatic rings. The SMILES string of the molecule is CNCC(O)CSc1ncnc2ccccc12. The number of aromatic nitrogens is 2. The highest BCUT2D eigenvalue weighted by Gasteiger charge is 2.07. The molecule has 4 nitrogen and oxygen atoms in total. The second-order valence-electron chi connectivity index (χ2n) is 3.72. The number of hydrogen-bond acceptors (Lipinski definition) is 5. The van der Waals surface area contributed by atoms with E-state index in [1.165, 1.54) is 0 Å². The summed E-state index contributed by atoms with van der Waals surface area (Å²) in [4.78, 5) is 8.47. The zero-order valence-corrected chi connectivity index (χ0v) is 10.4. The van der Waals surface area contributed by atoms with Crippen LogP contribution in [0.5, 0.6) is 0 Å². The quantitative estimate of drug-likeness (QED) is 0.618. The highest BCUT2D eigenvalue weighted by Crippen LogP contribution is 2.24. The van der Waals surface area contributed by atoms with Crippen molar-refractivity contribution in [2.45, 2.75) is 11.1 Å². The molecule has 0 aliphatic heterocycles. The van der Waals surface area contributed by atoms with Crippen molar-refractivity contribution in [3.05, 3.63) is 30.6 Å². The van der Waals surface area contributed by atoms with Crippen molar-refractivity contribution in [1.82, 2.24) is 15.3 Å². The first-order chi connectivity index (χ1) is 8.31. The van der Waals surface area contributed by atoms with E-state index in [0.717, 1.165) is 15.9 Å². The van der Waals surface area contributed by atoms with E-state index < -0.39 is 0 Å². The van der Waals surface area contributed by atoms with Gasteiger partial charge < -0.3 is 10.4 Å². The van der Waals surface area contributed by atoms with Gasteiger partial charge in [0.1, 0.15) is 11.4 Å². The van der Waals surface area contributed by atoms with Gasteiger partial charge in [-0.25, -0.2) is 9.97 Å². The number of aliphatic hydroxyl groups excluding tert-OH is 1. The van der Waals surface area contributed by atoms with Crippen molar-refractivity contribution in [3.8, 4) is 0 Å². The van der Waals surface area contributed by atoms with Crippen LogP contribution >= 0.6 is 11.8 Å². The highest BCUT2D eigenvalue weighted by atomic mass is 32.2. The third kappa shape index (κ3) is 3.15. The van der Waals surface area contributed by atoms with Gasteiger partial charge in [0, 0.05) is 17.7 Å². The summed E-state index contributed by atoms with van der Waals surface area (Å²) >= 11 is 1.56. The van der Waals surface area contributed by atoms with Crippen LogP contribution in [0.15, 0.2) is 35.6 Å². The van der Waals surface area contributed by atoms with E-state index in [0.29, 0.717) is 12.3 Å². The van der Waals surface area contributed by atoms with Gasteiger partial charge in [-0.1, -0.05) is 18.2 Å². The molecule has 1 aromatic carbocycles. The smallest absolute Gasteiger partial charge is 0.117 e. The molecule has 0 saturated heterocycles. The first-order valence-corrected chi connectivity index (χ1v) is 6.45. The van der Waals surface area contributed by atoms with E-state index in [9.17, 15) is 5.11 Å². The van der Waals surface area contributed by atoms with Crippen LogP contribution in [0.2, 0.25) is 0 Å². The summed E-state index contributed by atoms with van der Waals surface area (Å²) in [5.41, 5.74) is 0.938. The van der Waals surface area contributed by atoms with Gasteiger partial charge in [0.05, 0.1) is 11.6 Å². The molecule has 1 atom stereocenters. The van der Waals surface area contributed by atoms with Crippen LogP contribution in [-0.2, 0) is 0 Å². The highest BCUT2D eigenvalue weighted by molar-refractivity contribution is 7.99. The maximum atomic E-state index is 9.66. The lowest BCUT2D eigenvalue weighted by atomic mass is 10.2. The normalized spacial score (nSPS) is 12.8. The van der Waals surface area contributed by atoms with E-state index in [1.54, 1.807) is 18.1 Å². The molecule has 0 amide bonds. The Balaban J connectivity index is 2.13. The van der Waals surface area contributed by atoms with Crippen molar-refractivity contribution in [1.29, 1.82) is 0 Å². The zero-order valence-electron chi connectivity index (χ0n) is 9.63. The lowest BCUT2D eigenvalue weighted by Crippen LogP contribution is -2.25. The van der Waals surface area contributed by atoms with Gasteiger partial charge in [-0.2, -0.15) is 0 Å². The molecule has 1 aromatic heterocycles. The second kappa shape index (κ2) is 5.95. The van der Waals surface area contributed by atoms with Gasteiger partial charge >= 0.3 is 0 Å². The summed E-state index contributed by atoms with van der Waals surface area (Å²) in [7, 11) is 1.83. The first kappa shape index (κ1) is 12.3. The number of hydrogen-bond donors (Lipinski definition) is 2. The molecule has 0 bridgehead atoms. The minimum absolute atomic E-state index is 0.362. The molecule has 0 saturated carbocycles. The van der Waals surface area contributed by atoms with Gasteiger partial charge in [0.15, 0.2) is 0 Å². The van der Waals surface area contributed by atoms with Crippen molar-refractivity contribution >= 4 is 22.7 Å². The topological polar surface area (TPSA) is 58.0 Å². The van der Waals surface area contributed by atoms with Crippen LogP contribution in [0, 0.1) is 0 Å². The van der Waals surface area contributed by atoms with Gasteiger partial charge in [-0.3, -0.25) is 0 Å². The monoisotopic (exact) mass is 249 g/mol. The van der Waals surface area contributed by atoms with Gasteiger partial charge in [0.2, 0.25) is 0 Å². The van der Waals surface area contributed by atoms with E-state index in [1.807, 2.05) is 31.3 Å². The molecule has 0 fully saturated rings. The van der Waals surface area contributed by atoms with Crippen molar-refractivity contribution < 1.29 is 5.11 Å². The third-order valence-electron chi connectivity index (χ3n) is 2.36. The van der Waals surface area contributed by atoms with E-state index in [-0.39, 0.29) is 6.10 Å². The van der Waals surface area contributed by atoms with E-state index in [4.69, 9.17) is 0 Å². The van der Waals surface area contributed by atoms with Crippen molar-refractivity contribution in [2.24, 2.45) is 0 Å². The lowest BCUT2D eigenvalue weighted by Gasteiger charge is -2.09. The van der Waals surface area contributed by atoms with Crippen molar-refractivity contribution in [2.75, 3.05) is 19.3 Å². The largest absolute Gasteiger partial charge is 0.391 e. The summed E-state index contributed by atoms with van der Waals surface area (Å²) in [6.45, 7) is 0.593. The van der Waals surface area contributed by atoms with Gasteiger partial charge in [0.25, 0.3) is 0 Å². The Bertz CT molecular complexity index is 487. The number of nitrogens with one attached hydrogen (secondary N) is 1. The number of aliphatic hydroxyl groups is 1. The molecule has 0 aliphatic rings. The molecular weight excluding hydrogens is 234 g/mol. The molecule has 1 heterocycles. The molecule has 90 valence electrons. The average Bonchev–Trinajstić information content (AvgIpc) is 2.36. The van der Waals surface area contributed by atoms with Crippen molar-refractivity contribution in [3.63, 3.8) is 0 Å². The predicted octanol–water partition coefficient (Wildman–Crippen LogP) is 1.30. The van der Waals surface area contributed by atoms with E-state index >= 15 is 0 Å². The Kier molecular flexibility index (Phi) is 4.30. The van der Waals surface area contributed by atoms with Crippen LogP contribution in [0.4, 0.5) is 0 Å². The minimum Gasteiger partial charge on any atom is -0.391 e. The fourth-order valence-corrected chi connectivity index (χ4v) is 2.48. The summed E-state index contributed by atoms with van der Waals surface area (Å²) in [6, 6.07) is 7.90. The Labute approximate surface area is 104 Å². The molecule has 0 spiro atoms. The van der Waals surface area contributed by atoms with Gasteiger partial charge in [-0.05, 0) is 13.1 Å². The Morgan fingerprint density at radius 3 is 3.00 bits per heavy atom. The summed E-state index contributed by atoms with van der Waals surface area (Å²) < 4.78 is 0. The van der Waals surface area contributed by atoms with Crippen LogP contribution in [-0.4, -0.2) is 40.5 Å². The maximum absolute atomic E-state index is 9.66. The molecule has 0 radical (unpaired) electrons. The average molecular weight is 249 g/mol. The van der Waals surface area contributed by atoms with E-state index in [2.05, 4.69) is 15.3 Å². The molecule has 1 unspecified atom stereocenters. The molecule has 0 aliphatic carbocycles. The van der Waals surface area contributed by atoms with Crippen LogP contribution in [0.25, 0.3) is 10.9 Å². The maximum Gasteiger partial charge on any atom is 0.117 e. The van der Waals surface area contributed by atoms with Crippen LogP contribution in [0.3, 0.4) is 0 Å². The summed E-state index contributed by atoms with van der Waals surface area (Å²) in [6.07, 6.45) is 1.20. The molecule has 2 N–H and O–H groups in total. The molecule has 17 heavy (non-hydrogen) atoms. The number of rotatable bonds is 5. The number of fused-ring (bicyclic) bond motifs is 1. The number of likely N-dealkylation sites (N-methyl/N-ethyl adjacent to an activating group) is 1. The molecule has 2 rings (SSSR count).